The Morgan fingerprint density at radius 2 is 1.44 bits per heavy atom. The fourth-order valence-corrected chi connectivity index (χ4v) is 4.88. The van der Waals surface area contributed by atoms with Crippen LogP contribution in [-0.4, -0.2) is 98.6 Å². The third-order valence-corrected chi connectivity index (χ3v) is 7.43. The van der Waals surface area contributed by atoms with Crippen molar-refractivity contribution in [3.8, 4) is 5.75 Å². The van der Waals surface area contributed by atoms with Gasteiger partial charge in [-0.3, -0.25) is 14.9 Å². The molecule has 48 heavy (non-hydrogen) atoms. The molecule has 0 spiro atoms. The Morgan fingerprint density at radius 1 is 0.792 bits per heavy atom. The molecule has 0 unspecified atom stereocenters. The summed E-state index contributed by atoms with van der Waals surface area (Å²) in [4.78, 5) is 40.9. The Labute approximate surface area is 278 Å². The predicted octanol–water partition coefficient (Wildman–Crippen LogP) is 3.73. The largest absolute Gasteiger partial charge is 0.497 e. The van der Waals surface area contributed by atoms with Crippen molar-refractivity contribution in [2.24, 2.45) is 0 Å². The minimum Gasteiger partial charge on any atom is -0.497 e. The summed E-state index contributed by atoms with van der Waals surface area (Å²) in [5.41, 5.74) is 2.41. The number of non-ortho nitro benzene ring substituents is 1. The summed E-state index contributed by atoms with van der Waals surface area (Å²) in [6.07, 6.45) is 0. The summed E-state index contributed by atoms with van der Waals surface area (Å²) in [5.74, 6) is 1.93. The molecule has 5 rings (SSSR count). The first kappa shape index (κ1) is 33.8. The van der Waals surface area contributed by atoms with Gasteiger partial charge in [0.25, 0.3) is 11.6 Å². The minimum atomic E-state index is -0.398. The van der Waals surface area contributed by atoms with Gasteiger partial charge in [-0.05, 0) is 48.5 Å². The average Bonchev–Trinajstić information content (AvgIpc) is 3.13. The number of nitrogens with one attached hydrogen (secondary N) is 3. The lowest BCUT2D eigenvalue weighted by Gasteiger charge is -2.36. The number of carbonyl (C=O) groups is 1. The highest BCUT2D eigenvalue weighted by Crippen LogP contribution is 2.24. The van der Waals surface area contributed by atoms with Crippen LogP contribution in [0.2, 0.25) is 0 Å². The number of amides is 1. The zero-order valence-electron chi connectivity index (χ0n) is 26.7. The number of nitro benzene ring substituents is 1. The van der Waals surface area contributed by atoms with Gasteiger partial charge < -0.3 is 40.0 Å². The Bertz CT molecular complexity index is 1600. The molecule has 1 amide bonds. The summed E-state index contributed by atoms with van der Waals surface area (Å²) < 4.78 is 16.5. The van der Waals surface area contributed by atoms with Crippen molar-refractivity contribution in [3.63, 3.8) is 0 Å². The standard InChI is InChI=1S/C33H39N9O6/c1-46-29-13-7-26(8-14-29)36-32-37-31(35-16-22-48-24-23-47-21-15-34-30(43)25-5-3-2-4-6-25)38-33(39-32)41-19-17-40(18-20-41)27-9-11-28(12-10-27)42(44)45/h2-14H,15-24H2,1H3,(H,34,43)(H2,35,36,37,38,39). The molecule has 1 aliphatic heterocycles. The number of piperazine rings is 1. The molecule has 252 valence electrons. The number of ether oxygens (including phenoxy) is 3. The van der Waals surface area contributed by atoms with Crippen LogP contribution in [0.25, 0.3) is 0 Å². The van der Waals surface area contributed by atoms with E-state index in [1.807, 2.05) is 42.5 Å². The number of nitrogens with zero attached hydrogens (tertiary/aromatic N) is 6. The van der Waals surface area contributed by atoms with Crippen molar-refractivity contribution in [1.29, 1.82) is 0 Å². The molecular formula is C33H39N9O6. The molecule has 1 fully saturated rings. The fourth-order valence-electron chi connectivity index (χ4n) is 4.88. The molecule has 3 N–H and O–H groups in total. The number of aromatic nitrogens is 3. The molecule has 3 aromatic carbocycles. The van der Waals surface area contributed by atoms with Gasteiger partial charge in [-0.25, -0.2) is 0 Å². The van der Waals surface area contributed by atoms with Gasteiger partial charge in [-0.15, -0.1) is 0 Å². The van der Waals surface area contributed by atoms with Crippen molar-refractivity contribution in [1.82, 2.24) is 20.3 Å². The lowest BCUT2D eigenvalue weighted by molar-refractivity contribution is -0.384. The van der Waals surface area contributed by atoms with Crippen molar-refractivity contribution in [2.75, 3.05) is 93.2 Å². The van der Waals surface area contributed by atoms with Gasteiger partial charge in [0.2, 0.25) is 17.8 Å². The second-order valence-electron chi connectivity index (χ2n) is 10.7. The number of benzene rings is 3. The van der Waals surface area contributed by atoms with E-state index in [1.165, 1.54) is 12.1 Å². The van der Waals surface area contributed by atoms with Gasteiger partial charge in [-0.1, -0.05) is 18.2 Å². The topological polar surface area (TPSA) is 169 Å². The third-order valence-electron chi connectivity index (χ3n) is 7.43. The summed E-state index contributed by atoms with van der Waals surface area (Å²) in [6, 6.07) is 23.1. The summed E-state index contributed by atoms with van der Waals surface area (Å²) in [5, 5.41) is 20.3. The molecular weight excluding hydrogens is 618 g/mol. The second kappa shape index (κ2) is 17.4. The van der Waals surface area contributed by atoms with E-state index in [9.17, 15) is 14.9 Å². The van der Waals surface area contributed by atoms with Gasteiger partial charge in [0, 0.05) is 68.3 Å². The number of hydrogen-bond acceptors (Lipinski definition) is 13. The summed E-state index contributed by atoms with van der Waals surface area (Å²) in [7, 11) is 1.62. The molecule has 1 aromatic heterocycles. The van der Waals surface area contributed by atoms with Crippen LogP contribution in [-0.2, 0) is 9.47 Å². The third kappa shape index (κ3) is 9.98. The highest BCUT2D eigenvalue weighted by Gasteiger charge is 2.21. The van der Waals surface area contributed by atoms with E-state index in [-0.39, 0.29) is 11.6 Å². The van der Waals surface area contributed by atoms with E-state index >= 15 is 0 Å². The average molecular weight is 658 g/mol. The molecule has 15 nitrogen and oxygen atoms in total. The molecule has 2 heterocycles. The van der Waals surface area contributed by atoms with Crippen LogP contribution in [0.5, 0.6) is 5.75 Å². The number of methoxy groups -OCH3 is 1. The Balaban J connectivity index is 1.10. The zero-order chi connectivity index (χ0) is 33.6. The van der Waals surface area contributed by atoms with Crippen molar-refractivity contribution in [3.05, 3.63) is 94.5 Å². The van der Waals surface area contributed by atoms with Crippen molar-refractivity contribution in [2.45, 2.75) is 0 Å². The number of carbonyl (C=O) groups excluding carboxylic acids is 1. The van der Waals surface area contributed by atoms with Crippen molar-refractivity contribution >= 4 is 40.8 Å². The predicted molar refractivity (Wildman–Crippen MR) is 183 cm³/mol. The van der Waals surface area contributed by atoms with Crippen LogP contribution in [0.15, 0.2) is 78.9 Å². The van der Waals surface area contributed by atoms with Crippen LogP contribution in [0, 0.1) is 10.1 Å². The highest BCUT2D eigenvalue weighted by molar-refractivity contribution is 5.94. The van der Waals surface area contributed by atoms with E-state index in [4.69, 9.17) is 19.2 Å². The normalized spacial score (nSPS) is 12.8. The second-order valence-corrected chi connectivity index (χ2v) is 10.7. The monoisotopic (exact) mass is 657 g/mol. The quantitative estimate of drug-likeness (QED) is 0.0854. The van der Waals surface area contributed by atoms with E-state index in [1.54, 1.807) is 31.4 Å². The fraction of sp³-hybridized carbons (Fsp3) is 0.333. The van der Waals surface area contributed by atoms with E-state index in [0.29, 0.717) is 89.1 Å². The van der Waals surface area contributed by atoms with Crippen LogP contribution in [0.4, 0.5) is 34.9 Å². The van der Waals surface area contributed by atoms with Crippen LogP contribution >= 0.6 is 0 Å². The lowest BCUT2D eigenvalue weighted by Crippen LogP contribution is -2.47. The summed E-state index contributed by atoms with van der Waals surface area (Å²) >= 11 is 0. The SMILES string of the molecule is COc1ccc(Nc2nc(NCCOCCOCCNC(=O)c3ccccc3)nc(N3CCN(c4ccc([N+](=O)[O-])cc4)CC3)n2)cc1. The Kier molecular flexibility index (Phi) is 12.3. The zero-order valence-corrected chi connectivity index (χ0v) is 26.7. The molecule has 1 saturated heterocycles. The molecule has 4 aromatic rings. The molecule has 0 aliphatic carbocycles. The number of nitro groups is 1. The Morgan fingerprint density at radius 3 is 2.10 bits per heavy atom. The molecule has 0 bridgehead atoms. The first-order valence-electron chi connectivity index (χ1n) is 15.6. The number of rotatable bonds is 17. The minimum absolute atomic E-state index is 0.0691. The first-order valence-corrected chi connectivity index (χ1v) is 15.6. The van der Waals surface area contributed by atoms with E-state index in [0.717, 1.165) is 17.1 Å². The molecule has 0 radical (unpaired) electrons. The van der Waals surface area contributed by atoms with Gasteiger partial charge in [-0.2, -0.15) is 15.0 Å². The van der Waals surface area contributed by atoms with Gasteiger partial charge in [0.1, 0.15) is 5.75 Å². The molecule has 15 heteroatoms. The van der Waals surface area contributed by atoms with Crippen LogP contribution in [0.1, 0.15) is 10.4 Å². The van der Waals surface area contributed by atoms with E-state index < -0.39 is 4.92 Å². The maximum absolute atomic E-state index is 12.1. The number of anilines is 5. The first-order chi connectivity index (χ1) is 23.5. The van der Waals surface area contributed by atoms with Crippen LogP contribution < -0.4 is 30.5 Å². The van der Waals surface area contributed by atoms with Gasteiger partial charge >= 0.3 is 0 Å². The van der Waals surface area contributed by atoms with Gasteiger partial charge in [0.05, 0.1) is 38.5 Å². The smallest absolute Gasteiger partial charge is 0.269 e. The van der Waals surface area contributed by atoms with Crippen LogP contribution in [0.3, 0.4) is 0 Å². The molecule has 1 aliphatic rings. The maximum Gasteiger partial charge on any atom is 0.269 e. The lowest BCUT2D eigenvalue weighted by atomic mass is 10.2. The Hall–Kier alpha value is -5.54. The summed E-state index contributed by atoms with van der Waals surface area (Å²) in [6.45, 7) is 5.18. The number of hydrogen-bond donors (Lipinski definition) is 3. The van der Waals surface area contributed by atoms with Gasteiger partial charge in [0.15, 0.2) is 0 Å². The molecule has 0 saturated carbocycles. The van der Waals surface area contributed by atoms with E-state index in [2.05, 4.69) is 35.7 Å². The van der Waals surface area contributed by atoms with Crippen molar-refractivity contribution < 1.29 is 23.9 Å². The highest BCUT2D eigenvalue weighted by atomic mass is 16.6. The molecule has 0 atom stereocenters. The maximum atomic E-state index is 12.1.